The number of aromatic nitrogens is 2. The van der Waals surface area contributed by atoms with Crippen LogP contribution in [-0.2, 0) is 18.3 Å². The molecule has 2 heterocycles. The number of nitrogen functional groups attached to an aromatic ring is 1. The number of aryl methyl sites for hydroxylation is 1. The van der Waals surface area contributed by atoms with Crippen LogP contribution in [0, 0.1) is 0 Å². The molecule has 1 aromatic carbocycles. The van der Waals surface area contributed by atoms with Gasteiger partial charge in [0.15, 0.2) is 0 Å². The van der Waals surface area contributed by atoms with Gasteiger partial charge < -0.3 is 11.1 Å². The third-order valence-corrected chi connectivity index (χ3v) is 3.06. The number of carbonyl (C=O) groups is 1. The van der Waals surface area contributed by atoms with Crippen LogP contribution in [0.25, 0.3) is 11.1 Å². The fraction of sp³-hybridized carbons (Fsp3) is 0.167. The van der Waals surface area contributed by atoms with E-state index < -0.39 is 0 Å². The minimum absolute atomic E-state index is 0.0231. The van der Waals surface area contributed by atoms with E-state index in [0.717, 1.165) is 22.4 Å². The molecule has 0 saturated heterocycles. The van der Waals surface area contributed by atoms with Gasteiger partial charge >= 0.3 is 0 Å². The van der Waals surface area contributed by atoms with Crippen molar-refractivity contribution >= 4 is 17.4 Å². The predicted molar refractivity (Wildman–Crippen MR) is 65.4 cm³/mol. The maximum Gasteiger partial charge on any atom is 0.228 e. The molecule has 2 aromatic rings. The average Bonchev–Trinajstić information content (AvgIpc) is 2.82. The van der Waals surface area contributed by atoms with Crippen LogP contribution in [0.3, 0.4) is 0 Å². The van der Waals surface area contributed by atoms with E-state index in [1.165, 1.54) is 0 Å². The van der Waals surface area contributed by atoms with Crippen LogP contribution in [0.5, 0.6) is 0 Å². The first-order chi connectivity index (χ1) is 8.16. The second-order valence-electron chi connectivity index (χ2n) is 4.12. The summed E-state index contributed by atoms with van der Waals surface area (Å²) in [7, 11) is 1.80. The lowest BCUT2D eigenvalue weighted by molar-refractivity contribution is -0.115. The lowest BCUT2D eigenvalue weighted by atomic mass is 10.00. The van der Waals surface area contributed by atoms with Gasteiger partial charge in [-0.05, 0) is 17.2 Å². The summed E-state index contributed by atoms with van der Waals surface area (Å²) in [5.41, 5.74) is 9.68. The molecule has 0 bridgehead atoms. The van der Waals surface area contributed by atoms with Gasteiger partial charge in [0.1, 0.15) is 5.82 Å². The Hall–Kier alpha value is -2.30. The number of benzene rings is 1. The topological polar surface area (TPSA) is 72.9 Å². The Morgan fingerprint density at radius 1 is 1.41 bits per heavy atom. The Balaban J connectivity index is 2.20. The zero-order valence-electron chi connectivity index (χ0n) is 9.40. The van der Waals surface area contributed by atoms with E-state index in [-0.39, 0.29) is 5.91 Å². The molecule has 0 unspecified atom stereocenters. The van der Waals surface area contributed by atoms with E-state index in [1.807, 2.05) is 18.2 Å². The molecule has 5 heteroatoms. The van der Waals surface area contributed by atoms with Crippen molar-refractivity contribution in [1.82, 2.24) is 9.78 Å². The number of rotatable bonds is 1. The number of nitrogens with two attached hydrogens (primary N) is 1. The maximum atomic E-state index is 11.4. The Morgan fingerprint density at radius 3 is 2.94 bits per heavy atom. The average molecular weight is 228 g/mol. The first-order valence-electron chi connectivity index (χ1n) is 5.36. The standard InChI is InChI=1S/C12H12N4O/c1-16-12(13)9(6-14-16)7-3-2-4-10-8(7)5-11(17)15-10/h2-4,6H,5,13H2,1H3,(H,15,17). The molecule has 5 nitrogen and oxygen atoms in total. The lowest BCUT2D eigenvalue weighted by Gasteiger charge is -2.06. The fourth-order valence-electron chi connectivity index (χ4n) is 2.16. The molecule has 1 amide bonds. The van der Waals surface area contributed by atoms with Gasteiger partial charge in [0.05, 0.1) is 12.6 Å². The molecule has 1 aliphatic rings. The van der Waals surface area contributed by atoms with Crippen molar-refractivity contribution in [1.29, 1.82) is 0 Å². The summed E-state index contributed by atoms with van der Waals surface area (Å²) in [5, 5.41) is 6.95. The Morgan fingerprint density at radius 2 is 2.24 bits per heavy atom. The van der Waals surface area contributed by atoms with Crippen LogP contribution >= 0.6 is 0 Å². The van der Waals surface area contributed by atoms with E-state index in [9.17, 15) is 4.79 Å². The molecule has 1 aromatic heterocycles. The molecule has 86 valence electrons. The summed E-state index contributed by atoms with van der Waals surface area (Å²) in [6.07, 6.45) is 2.13. The normalized spacial score (nSPS) is 13.6. The second-order valence-corrected chi connectivity index (χ2v) is 4.12. The molecule has 0 radical (unpaired) electrons. The summed E-state index contributed by atoms with van der Waals surface area (Å²) < 4.78 is 1.62. The predicted octanol–water partition coefficient (Wildman–Crippen LogP) is 1.16. The summed E-state index contributed by atoms with van der Waals surface area (Å²) in [6, 6.07) is 5.77. The molecule has 0 fully saturated rings. The van der Waals surface area contributed by atoms with Crippen LogP contribution in [0.1, 0.15) is 5.56 Å². The van der Waals surface area contributed by atoms with Gasteiger partial charge in [-0.2, -0.15) is 5.10 Å². The highest BCUT2D eigenvalue weighted by Crippen LogP contribution is 2.35. The molecule has 0 saturated carbocycles. The van der Waals surface area contributed by atoms with E-state index in [1.54, 1.807) is 17.9 Å². The third-order valence-electron chi connectivity index (χ3n) is 3.06. The second kappa shape index (κ2) is 3.35. The number of carbonyl (C=O) groups excluding carboxylic acids is 1. The molecule has 3 rings (SSSR count). The summed E-state index contributed by atoms with van der Waals surface area (Å²) >= 11 is 0. The summed E-state index contributed by atoms with van der Waals surface area (Å²) in [6.45, 7) is 0. The minimum atomic E-state index is 0.0231. The number of hydrogen-bond donors (Lipinski definition) is 2. The largest absolute Gasteiger partial charge is 0.383 e. The van der Waals surface area contributed by atoms with E-state index in [2.05, 4.69) is 10.4 Å². The van der Waals surface area contributed by atoms with Gasteiger partial charge in [0, 0.05) is 18.3 Å². The highest BCUT2D eigenvalue weighted by molar-refractivity contribution is 6.02. The van der Waals surface area contributed by atoms with Gasteiger partial charge in [0.25, 0.3) is 0 Å². The number of nitrogens with one attached hydrogen (secondary N) is 1. The quantitative estimate of drug-likeness (QED) is 0.769. The number of amides is 1. The number of nitrogens with zero attached hydrogens (tertiary/aromatic N) is 2. The summed E-state index contributed by atoms with van der Waals surface area (Å²) in [4.78, 5) is 11.4. The van der Waals surface area contributed by atoms with Gasteiger partial charge in [-0.25, -0.2) is 0 Å². The maximum absolute atomic E-state index is 11.4. The highest BCUT2D eigenvalue weighted by Gasteiger charge is 2.22. The molecule has 0 spiro atoms. The monoisotopic (exact) mass is 228 g/mol. The molecule has 0 aliphatic carbocycles. The zero-order chi connectivity index (χ0) is 12.0. The number of anilines is 2. The van der Waals surface area contributed by atoms with Crippen LogP contribution in [0.15, 0.2) is 24.4 Å². The van der Waals surface area contributed by atoms with E-state index >= 15 is 0 Å². The van der Waals surface area contributed by atoms with Crippen molar-refractivity contribution in [2.24, 2.45) is 7.05 Å². The first kappa shape index (κ1) is 9.89. The van der Waals surface area contributed by atoms with Gasteiger partial charge in [0.2, 0.25) is 5.91 Å². The third kappa shape index (κ3) is 1.39. The van der Waals surface area contributed by atoms with Gasteiger partial charge in [-0.3, -0.25) is 9.48 Å². The minimum Gasteiger partial charge on any atom is -0.383 e. The van der Waals surface area contributed by atoms with Crippen molar-refractivity contribution in [3.63, 3.8) is 0 Å². The van der Waals surface area contributed by atoms with Gasteiger partial charge in [-0.15, -0.1) is 0 Å². The smallest absolute Gasteiger partial charge is 0.228 e. The Labute approximate surface area is 98.2 Å². The molecule has 1 aliphatic heterocycles. The van der Waals surface area contributed by atoms with Crippen molar-refractivity contribution in [3.05, 3.63) is 30.0 Å². The zero-order valence-corrected chi connectivity index (χ0v) is 9.40. The SMILES string of the molecule is Cn1ncc(-c2cccc3c2CC(=O)N3)c1N. The Kier molecular flexibility index (Phi) is 1.95. The van der Waals surface area contributed by atoms with E-state index in [4.69, 9.17) is 5.73 Å². The molecule has 3 N–H and O–H groups in total. The molecular weight excluding hydrogens is 216 g/mol. The fourth-order valence-corrected chi connectivity index (χ4v) is 2.16. The number of fused-ring (bicyclic) bond motifs is 1. The summed E-state index contributed by atoms with van der Waals surface area (Å²) in [5.74, 6) is 0.632. The first-order valence-corrected chi connectivity index (χ1v) is 5.36. The Bertz CT molecular complexity index is 615. The highest BCUT2D eigenvalue weighted by atomic mass is 16.1. The van der Waals surface area contributed by atoms with Crippen molar-refractivity contribution in [2.75, 3.05) is 11.1 Å². The van der Waals surface area contributed by atoms with Crippen LogP contribution in [0.2, 0.25) is 0 Å². The molecule has 0 atom stereocenters. The van der Waals surface area contributed by atoms with Crippen molar-refractivity contribution in [2.45, 2.75) is 6.42 Å². The lowest BCUT2D eigenvalue weighted by Crippen LogP contribution is -2.03. The molecular formula is C12H12N4O. The van der Waals surface area contributed by atoms with Crippen LogP contribution in [0.4, 0.5) is 11.5 Å². The van der Waals surface area contributed by atoms with E-state index in [0.29, 0.717) is 12.2 Å². The molecule has 17 heavy (non-hydrogen) atoms. The number of hydrogen-bond acceptors (Lipinski definition) is 3. The van der Waals surface area contributed by atoms with Gasteiger partial charge in [-0.1, -0.05) is 12.1 Å². The van der Waals surface area contributed by atoms with Crippen LogP contribution < -0.4 is 11.1 Å². The van der Waals surface area contributed by atoms with Crippen LogP contribution in [-0.4, -0.2) is 15.7 Å². The van der Waals surface area contributed by atoms with Crippen molar-refractivity contribution in [3.8, 4) is 11.1 Å². The van der Waals surface area contributed by atoms with Crippen molar-refractivity contribution < 1.29 is 4.79 Å².